The summed E-state index contributed by atoms with van der Waals surface area (Å²) in [5, 5.41) is 17.4. The van der Waals surface area contributed by atoms with Crippen LogP contribution in [-0.4, -0.2) is 28.4 Å². The van der Waals surface area contributed by atoms with Crippen LogP contribution in [0.1, 0.15) is 41.2 Å². The molecular formula is C15H18N2O4. The van der Waals surface area contributed by atoms with Crippen LogP contribution in [0.2, 0.25) is 0 Å². The second-order valence-electron chi connectivity index (χ2n) is 5.38. The average molecular weight is 290 g/mol. The first-order valence-electron chi connectivity index (χ1n) is 6.51. The summed E-state index contributed by atoms with van der Waals surface area (Å²) in [6.45, 7) is 7.15. The van der Waals surface area contributed by atoms with Crippen molar-refractivity contribution in [3.63, 3.8) is 0 Å². The van der Waals surface area contributed by atoms with Crippen molar-refractivity contribution in [1.29, 1.82) is 0 Å². The molecule has 0 unspecified atom stereocenters. The molecule has 0 radical (unpaired) electrons. The highest BCUT2D eigenvalue weighted by Crippen LogP contribution is 2.31. The Morgan fingerprint density at radius 1 is 1.24 bits per heavy atom. The lowest BCUT2D eigenvalue weighted by Crippen LogP contribution is -2.19. The number of methoxy groups -OCH3 is 1. The monoisotopic (exact) mass is 290 g/mol. The van der Waals surface area contributed by atoms with Crippen molar-refractivity contribution in [1.82, 2.24) is 10.2 Å². The number of rotatable bonds is 4. The molecule has 0 aliphatic rings. The number of ether oxygens (including phenoxy) is 1. The number of benzene rings is 1. The molecule has 0 fully saturated rings. The van der Waals surface area contributed by atoms with Gasteiger partial charge in [-0.05, 0) is 38.8 Å². The zero-order chi connectivity index (χ0) is 15.8. The number of carbonyl (C=O) groups is 1. The number of hydrogen-bond acceptors (Lipinski definition) is 5. The minimum atomic E-state index is -1.02. The SMILES string of the molecule is COC(C)(C)c1nnc(-c2c(C)ccc(C)c2C(=O)O)o1. The van der Waals surface area contributed by atoms with Crippen LogP contribution in [0, 0.1) is 13.8 Å². The standard InChI is InChI=1S/C15H18N2O4/c1-8-6-7-9(2)11(13(18)19)10(8)12-16-17-14(21-12)15(3,4)20-5/h6-7H,1-5H3,(H,18,19). The molecule has 1 N–H and O–H groups in total. The molecule has 0 bridgehead atoms. The average Bonchev–Trinajstić information content (AvgIpc) is 2.90. The first-order valence-corrected chi connectivity index (χ1v) is 6.51. The van der Waals surface area contributed by atoms with Gasteiger partial charge in [0.2, 0.25) is 11.8 Å². The Hall–Kier alpha value is -2.21. The maximum Gasteiger partial charge on any atom is 0.336 e. The van der Waals surface area contributed by atoms with Crippen molar-refractivity contribution in [2.75, 3.05) is 7.11 Å². The van der Waals surface area contributed by atoms with Gasteiger partial charge in [0, 0.05) is 7.11 Å². The highest BCUT2D eigenvalue weighted by molar-refractivity contribution is 5.97. The van der Waals surface area contributed by atoms with Gasteiger partial charge in [-0.1, -0.05) is 12.1 Å². The zero-order valence-electron chi connectivity index (χ0n) is 12.7. The molecule has 2 aromatic rings. The number of carboxylic acids is 1. The molecule has 21 heavy (non-hydrogen) atoms. The third-order valence-electron chi connectivity index (χ3n) is 3.50. The molecule has 2 rings (SSSR count). The molecule has 0 aliphatic heterocycles. The molecule has 1 aromatic carbocycles. The summed E-state index contributed by atoms with van der Waals surface area (Å²) in [5.74, 6) is -0.525. The molecule has 0 amide bonds. The largest absolute Gasteiger partial charge is 0.478 e. The maximum absolute atomic E-state index is 11.5. The van der Waals surface area contributed by atoms with Crippen molar-refractivity contribution < 1.29 is 19.1 Å². The number of hydrogen-bond donors (Lipinski definition) is 1. The maximum atomic E-state index is 11.5. The Morgan fingerprint density at radius 3 is 2.43 bits per heavy atom. The van der Waals surface area contributed by atoms with E-state index in [0.29, 0.717) is 17.0 Å². The minimum absolute atomic E-state index is 0.181. The molecule has 0 saturated heterocycles. The molecule has 112 valence electrons. The third-order valence-corrected chi connectivity index (χ3v) is 3.50. The lowest BCUT2D eigenvalue weighted by molar-refractivity contribution is -0.00338. The number of aromatic carboxylic acids is 1. The fourth-order valence-electron chi connectivity index (χ4n) is 2.02. The van der Waals surface area contributed by atoms with E-state index in [9.17, 15) is 9.90 Å². The summed E-state index contributed by atoms with van der Waals surface area (Å²) in [5.41, 5.74) is 1.32. The molecule has 0 spiro atoms. The summed E-state index contributed by atoms with van der Waals surface area (Å²) in [7, 11) is 1.55. The first kappa shape index (κ1) is 15.2. The topological polar surface area (TPSA) is 85.5 Å². The van der Waals surface area contributed by atoms with Gasteiger partial charge in [-0.15, -0.1) is 10.2 Å². The molecule has 0 aliphatic carbocycles. The molecule has 0 saturated carbocycles. The van der Waals surface area contributed by atoms with Crippen LogP contribution in [0.4, 0.5) is 0 Å². The lowest BCUT2D eigenvalue weighted by Gasteiger charge is -2.17. The zero-order valence-corrected chi connectivity index (χ0v) is 12.7. The van der Waals surface area contributed by atoms with E-state index in [1.54, 1.807) is 33.9 Å². The van der Waals surface area contributed by atoms with E-state index in [0.717, 1.165) is 5.56 Å². The van der Waals surface area contributed by atoms with E-state index in [1.165, 1.54) is 0 Å². The Kier molecular flexibility index (Phi) is 3.82. The molecule has 1 heterocycles. The van der Waals surface area contributed by atoms with E-state index in [4.69, 9.17) is 9.15 Å². The van der Waals surface area contributed by atoms with Crippen LogP contribution in [0.3, 0.4) is 0 Å². The summed E-state index contributed by atoms with van der Waals surface area (Å²) in [6, 6.07) is 3.60. The second-order valence-corrected chi connectivity index (χ2v) is 5.38. The third kappa shape index (κ3) is 2.67. The normalized spacial score (nSPS) is 11.7. The van der Waals surface area contributed by atoms with E-state index in [-0.39, 0.29) is 11.5 Å². The fourth-order valence-corrected chi connectivity index (χ4v) is 2.02. The van der Waals surface area contributed by atoms with Crippen molar-refractivity contribution in [3.8, 4) is 11.5 Å². The van der Waals surface area contributed by atoms with Crippen molar-refractivity contribution in [3.05, 3.63) is 34.7 Å². The highest BCUT2D eigenvalue weighted by atomic mass is 16.5. The van der Waals surface area contributed by atoms with Gasteiger partial charge < -0.3 is 14.3 Å². The van der Waals surface area contributed by atoms with Crippen molar-refractivity contribution >= 4 is 5.97 Å². The highest BCUT2D eigenvalue weighted by Gasteiger charge is 2.29. The van der Waals surface area contributed by atoms with Gasteiger partial charge in [0.25, 0.3) is 0 Å². The molecule has 6 nitrogen and oxygen atoms in total. The summed E-state index contributed by atoms with van der Waals surface area (Å²) < 4.78 is 10.9. The Labute approximate surface area is 122 Å². The summed E-state index contributed by atoms with van der Waals surface area (Å²) >= 11 is 0. The molecule has 0 atom stereocenters. The van der Waals surface area contributed by atoms with Gasteiger partial charge in [0.15, 0.2) is 0 Å². The summed E-state index contributed by atoms with van der Waals surface area (Å²) in [6.07, 6.45) is 0. The minimum Gasteiger partial charge on any atom is -0.478 e. The van der Waals surface area contributed by atoms with Gasteiger partial charge in [-0.2, -0.15) is 0 Å². The van der Waals surface area contributed by atoms with Gasteiger partial charge in [0.1, 0.15) is 5.60 Å². The van der Waals surface area contributed by atoms with Gasteiger partial charge in [-0.3, -0.25) is 0 Å². The Balaban J connectivity index is 2.63. The Morgan fingerprint density at radius 2 is 1.86 bits per heavy atom. The van der Waals surface area contributed by atoms with Crippen LogP contribution in [0.5, 0.6) is 0 Å². The predicted molar refractivity (Wildman–Crippen MR) is 76.2 cm³/mol. The molecule has 6 heteroatoms. The smallest absolute Gasteiger partial charge is 0.336 e. The number of aromatic nitrogens is 2. The van der Waals surface area contributed by atoms with Crippen LogP contribution >= 0.6 is 0 Å². The van der Waals surface area contributed by atoms with Crippen LogP contribution in [0.15, 0.2) is 16.5 Å². The lowest BCUT2D eigenvalue weighted by atomic mass is 9.97. The Bertz CT molecular complexity index is 689. The molecule has 1 aromatic heterocycles. The second kappa shape index (κ2) is 5.29. The van der Waals surface area contributed by atoms with Crippen LogP contribution < -0.4 is 0 Å². The van der Waals surface area contributed by atoms with Crippen LogP contribution in [0.25, 0.3) is 11.5 Å². The van der Waals surface area contributed by atoms with Crippen molar-refractivity contribution in [2.45, 2.75) is 33.3 Å². The fraction of sp³-hybridized carbons (Fsp3) is 0.400. The van der Waals surface area contributed by atoms with E-state index in [2.05, 4.69) is 10.2 Å². The van der Waals surface area contributed by atoms with Gasteiger partial charge >= 0.3 is 5.97 Å². The molecular weight excluding hydrogens is 272 g/mol. The van der Waals surface area contributed by atoms with E-state index >= 15 is 0 Å². The predicted octanol–water partition coefficient (Wildman–Crippen LogP) is 2.93. The van der Waals surface area contributed by atoms with Crippen molar-refractivity contribution in [2.24, 2.45) is 0 Å². The number of nitrogens with zero attached hydrogens (tertiary/aromatic N) is 2. The number of carboxylic acid groups (broad SMARTS) is 1. The van der Waals surface area contributed by atoms with Gasteiger partial charge in [0.05, 0.1) is 11.1 Å². The van der Waals surface area contributed by atoms with Crippen LogP contribution in [-0.2, 0) is 10.3 Å². The number of aryl methyl sites for hydroxylation is 2. The van der Waals surface area contributed by atoms with E-state index in [1.807, 2.05) is 13.0 Å². The summed E-state index contributed by atoms with van der Waals surface area (Å²) in [4.78, 5) is 11.5. The quantitative estimate of drug-likeness (QED) is 0.931. The van der Waals surface area contributed by atoms with Gasteiger partial charge in [-0.25, -0.2) is 4.79 Å². The van der Waals surface area contributed by atoms with E-state index < -0.39 is 11.6 Å². The first-order chi connectivity index (χ1) is 9.77.